The molecule has 198 valence electrons. The Morgan fingerprint density at radius 2 is 1.94 bits per heavy atom. The van der Waals surface area contributed by atoms with Gasteiger partial charge >= 0.3 is 0 Å². The minimum Gasteiger partial charge on any atom is -0.488 e. The summed E-state index contributed by atoms with van der Waals surface area (Å²) in [5.74, 6) is 0.314. The third kappa shape index (κ3) is 7.73. The summed E-state index contributed by atoms with van der Waals surface area (Å²) >= 11 is 12.2. The third-order valence-electron chi connectivity index (χ3n) is 6.15. The first kappa shape index (κ1) is 28.5. The van der Waals surface area contributed by atoms with Gasteiger partial charge in [0.05, 0.1) is 35.4 Å². The van der Waals surface area contributed by atoms with E-state index < -0.39 is 10.0 Å². The average molecular weight is 559 g/mol. The standard InChI is InChI=1S/C25H33Cl2N3O5S/c1-16-12-30(17(2)15-31)25(32)11-19-10-20(28-36(4,33)34)6-8-23(19)35-24(16)14-29(3)13-18-5-7-21(26)22(27)9-18/h5-10,16-17,24,28,31H,11-15H2,1-4H3/t16-,17-,24+/m0/s1. The fourth-order valence-electron chi connectivity index (χ4n) is 4.25. The Morgan fingerprint density at radius 1 is 1.22 bits per heavy atom. The zero-order chi connectivity index (χ0) is 26.6. The van der Waals surface area contributed by atoms with E-state index in [1.807, 2.05) is 26.1 Å². The molecule has 0 saturated carbocycles. The van der Waals surface area contributed by atoms with Gasteiger partial charge in [-0.3, -0.25) is 14.4 Å². The van der Waals surface area contributed by atoms with Gasteiger partial charge in [-0.1, -0.05) is 36.2 Å². The van der Waals surface area contributed by atoms with Crippen LogP contribution >= 0.6 is 23.2 Å². The minimum atomic E-state index is -3.48. The normalized spacial score (nSPS) is 19.7. The van der Waals surface area contributed by atoms with Gasteiger partial charge in [-0.25, -0.2) is 8.42 Å². The van der Waals surface area contributed by atoms with Crippen molar-refractivity contribution in [3.8, 4) is 5.75 Å². The maximum Gasteiger partial charge on any atom is 0.229 e. The molecule has 1 heterocycles. The fraction of sp³-hybridized carbons (Fsp3) is 0.480. The number of aliphatic hydroxyl groups is 1. The summed E-state index contributed by atoms with van der Waals surface area (Å²) < 4.78 is 32.4. The lowest BCUT2D eigenvalue weighted by atomic mass is 10.0. The molecule has 2 N–H and O–H groups in total. The van der Waals surface area contributed by atoms with Crippen LogP contribution in [-0.4, -0.2) is 74.4 Å². The summed E-state index contributed by atoms with van der Waals surface area (Å²) in [4.78, 5) is 17.0. The number of nitrogens with zero attached hydrogens (tertiary/aromatic N) is 2. The number of amides is 1. The first-order chi connectivity index (χ1) is 16.9. The van der Waals surface area contributed by atoms with Gasteiger partial charge < -0.3 is 14.7 Å². The largest absolute Gasteiger partial charge is 0.488 e. The van der Waals surface area contributed by atoms with Crippen molar-refractivity contribution >= 4 is 44.8 Å². The zero-order valence-electron chi connectivity index (χ0n) is 20.9. The van der Waals surface area contributed by atoms with Crippen molar-refractivity contribution in [1.82, 2.24) is 9.80 Å². The summed E-state index contributed by atoms with van der Waals surface area (Å²) in [7, 11) is -1.51. The topological polar surface area (TPSA) is 99.2 Å². The van der Waals surface area contributed by atoms with Crippen molar-refractivity contribution in [2.75, 3.05) is 37.7 Å². The third-order valence-corrected chi connectivity index (χ3v) is 7.49. The van der Waals surface area contributed by atoms with Crippen LogP contribution in [0.4, 0.5) is 5.69 Å². The van der Waals surface area contributed by atoms with Crippen LogP contribution in [0.3, 0.4) is 0 Å². The predicted molar refractivity (Wildman–Crippen MR) is 143 cm³/mol. The highest BCUT2D eigenvalue weighted by atomic mass is 35.5. The molecular formula is C25H33Cl2N3O5S. The van der Waals surface area contributed by atoms with E-state index in [-0.39, 0.29) is 37.0 Å². The van der Waals surface area contributed by atoms with E-state index >= 15 is 0 Å². The van der Waals surface area contributed by atoms with Gasteiger partial charge in [-0.2, -0.15) is 0 Å². The smallest absolute Gasteiger partial charge is 0.229 e. The molecule has 0 unspecified atom stereocenters. The number of hydrogen-bond donors (Lipinski definition) is 2. The lowest BCUT2D eigenvalue weighted by Crippen LogP contribution is -2.47. The lowest BCUT2D eigenvalue weighted by molar-refractivity contribution is -0.134. The Kier molecular flexibility index (Phi) is 9.51. The van der Waals surface area contributed by atoms with Gasteiger partial charge in [0.2, 0.25) is 15.9 Å². The van der Waals surface area contributed by atoms with E-state index in [0.29, 0.717) is 46.7 Å². The maximum absolute atomic E-state index is 13.2. The number of ether oxygens (including phenoxy) is 1. The summed E-state index contributed by atoms with van der Waals surface area (Å²) in [5, 5.41) is 10.8. The van der Waals surface area contributed by atoms with Crippen molar-refractivity contribution < 1.29 is 23.1 Å². The van der Waals surface area contributed by atoms with Gasteiger partial charge in [0.25, 0.3) is 0 Å². The molecule has 0 aromatic heterocycles. The number of halogens is 2. The second-order valence-corrected chi connectivity index (χ2v) is 12.1. The highest BCUT2D eigenvalue weighted by Gasteiger charge is 2.31. The summed E-state index contributed by atoms with van der Waals surface area (Å²) in [6.07, 6.45) is 0.810. The van der Waals surface area contributed by atoms with Crippen LogP contribution in [0.5, 0.6) is 5.75 Å². The van der Waals surface area contributed by atoms with Gasteiger partial charge in [-0.05, 0) is 49.9 Å². The second-order valence-electron chi connectivity index (χ2n) is 9.53. The predicted octanol–water partition coefficient (Wildman–Crippen LogP) is 3.65. The number of carbonyl (C=O) groups is 1. The summed E-state index contributed by atoms with van der Waals surface area (Å²) in [6, 6.07) is 10.1. The molecule has 11 heteroatoms. The number of likely N-dealkylation sites (N-methyl/N-ethyl adjacent to an activating group) is 1. The molecule has 8 nitrogen and oxygen atoms in total. The van der Waals surface area contributed by atoms with Crippen molar-refractivity contribution in [2.45, 2.75) is 39.0 Å². The fourth-order valence-corrected chi connectivity index (χ4v) is 5.12. The molecule has 0 fully saturated rings. The SMILES string of the molecule is C[C@H]1CN([C@@H](C)CO)C(=O)Cc2cc(NS(C)(=O)=O)ccc2O[C@@H]1CN(C)Cc1ccc(Cl)c(Cl)c1. The van der Waals surface area contributed by atoms with Crippen LogP contribution in [-0.2, 0) is 27.8 Å². The molecule has 36 heavy (non-hydrogen) atoms. The highest BCUT2D eigenvalue weighted by Crippen LogP contribution is 2.30. The van der Waals surface area contributed by atoms with Crippen LogP contribution in [0, 0.1) is 5.92 Å². The highest BCUT2D eigenvalue weighted by molar-refractivity contribution is 7.92. The van der Waals surface area contributed by atoms with Crippen LogP contribution in [0.25, 0.3) is 0 Å². The molecule has 3 atom stereocenters. The number of sulfonamides is 1. The Morgan fingerprint density at radius 3 is 2.58 bits per heavy atom. The molecule has 0 spiro atoms. The first-order valence-electron chi connectivity index (χ1n) is 11.7. The number of hydrogen-bond acceptors (Lipinski definition) is 6. The molecule has 1 aliphatic heterocycles. The molecule has 1 aliphatic rings. The first-order valence-corrected chi connectivity index (χ1v) is 14.3. The molecule has 0 saturated heterocycles. The number of anilines is 1. The average Bonchev–Trinajstić information content (AvgIpc) is 2.83. The van der Waals surface area contributed by atoms with Gasteiger partial charge in [0.15, 0.2) is 0 Å². The van der Waals surface area contributed by atoms with E-state index in [4.69, 9.17) is 27.9 Å². The van der Waals surface area contributed by atoms with Crippen molar-refractivity contribution in [1.29, 1.82) is 0 Å². The number of fused-ring (bicyclic) bond motifs is 1. The Hall–Kier alpha value is -2.04. The van der Waals surface area contributed by atoms with Crippen LogP contribution in [0.15, 0.2) is 36.4 Å². The molecule has 2 aromatic rings. The van der Waals surface area contributed by atoms with E-state index in [2.05, 4.69) is 9.62 Å². The van der Waals surface area contributed by atoms with Gasteiger partial charge in [0, 0.05) is 36.8 Å². The summed E-state index contributed by atoms with van der Waals surface area (Å²) in [6.45, 7) is 5.24. The number of nitrogens with one attached hydrogen (secondary N) is 1. The molecule has 3 rings (SSSR count). The van der Waals surface area contributed by atoms with E-state index in [1.165, 1.54) is 0 Å². The number of carbonyl (C=O) groups excluding carboxylic acids is 1. The molecule has 0 aliphatic carbocycles. The van der Waals surface area contributed by atoms with Crippen LogP contribution in [0.2, 0.25) is 10.0 Å². The van der Waals surface area contributed by atoms with E-state index in [0.717, 1.165) is 11.8 Å². The van der Waals surface area contributed by atoms with Crippen LogP contribution in [0.1, 0.15) is 25.0 Å². The minimum absolute atomic E-state index is 0.0253. The zero-order valence-corrected chi connectivity index (χ0v) is 23.2. The molecule has 0 bridgehead atoms. The molecular weight excluding hydrogens is 525 g/mol. The number of aliphatic hydroxyl groups excluding tert-OH is 1. The van der Waals surface area contributed by atoms with Crippen molar-refractivity contribution in [2.24, 2.45) is 5.92 Å². The Labute approximate surface area is 223 Å². The van der Waals surface area contributed by atoms with E-state index in [1.54, 1.807) is 36.1 Å². The molecule has 1 amide bonds. The molecule has 0 radical (unpaired) electrons. The molecule has 2 aromatic carbocycles. The van der Waals surface area contributed by atoms with E-state index in [9.17, 15) is 18.3 Å². The quantitative estimate of drug-likeness (QED) is 0.514. The van der Waals surface area contributed by atoms with Crippen LogP contribution < -0.4 is 9.46 Å². The number of benzene rings is 2. The Bertz CT molecular complexity index is 1190. The van der Waals surface area contributed by atoms with Crippen molar-refractivity contribution in [3.05, 3.63) is 57.6 Å². The second kappa shape index (κ2) is 12.0. The number of rotatable bonds is 8. The maximum atomic E-state index is 13.2. The monoisotopic (exact) mass is 557 g/mol. The van der Waals surface area contributed by atoms with Crippen molar-refractivity contribution in [3.63, 3.8) is 0 Å². The lowest BCUT2D eigenvalue weighted by Gasteiger charge is -2.34. The Balaban J connectivity index is 1.91. The van der Waals surface area contributed by atoms with Gasteiger partial charge in [-0.15, -0.1) is 0 Å². The summed E-state index contributed by atoms with van der Waals surface area (Å²) in [5.41, 5.74) is 1.94. The van der Waals surface area contributed by atoms with Gasteiger partial charge in [0.1, 0.15) is 11.9 Å².